The summed E-state index contributed by atoms with van der Waals surface area (Å²) in [7, 11) is 1.85. The molecular weight excluding hydrogens is 361 g/mol. The van der Waals surface area contributed by atoms with E-state index in [9.17, 15) is 4.79 Å². The number of carbonyl (C=O) groups is 1. The van der Waals surface area contributed by atoms with Crippen molar-refractivity contribution in [3.05, 3.63) is 68.3 Å². The van der Waals surface area contributed by atoms with E-state index < -0.39 is 0 Å². The summed E-state index contributed by atoms with van der Waals surface area (Å²) in [6.07, 6.45) is 0. The average Bonchev–Trinajstić information content (AvgIpc) is 2.42. The number of halogens is 1. The van der Waals surface area contributed by atoms with Crippen molar-refractivity contribution < 1.29 is 4.79 Å². The van der Waals surface area contributed by atoms with E-state index >= 15 is 0 Å². The number of amides is 1. The maximum Gasteiger partial charge on any atom is 0.253 e. The van der Waals surface area contributed by atoms with Gasteiger partial charge in [0.15, 0.2) is 0 Å². The van der Waals surface area contributed by atoms with E-state index in [1.54, 1.807) is 4.90 Å². The molecule has 3 heteroatoms. The van der Waals surface area contributed by atoms with E-state index in [4.69, 9.17) is 0 Å². The molecule has 0 atom stereocenters. The van der Waals surface area contributed by atoms with Gasteiger partial charge in [0.1, 0.15) is 0 Å². The molecule has 0 radical (unpaired) electrons. The van der Waals surface area contributed by atoms with Crippen molar-refractivity contribution in [3.8, 4) is 0 Å². The molecule has 0 unspecified atom stereocenters. The Balaban J connectivity index is 2.13. The summed E-state index contributed by atoms with van der Waals surface area (Å²) < 4.78 is 1.14. The van der Waals surface area contributed by atoms with Crippen LogP contribution in [-0.4, -0.2) is 17.9 Å². The fourth-order valence-corrected chi connectivity index (χ4v) is 2.52. The highest BCUT2D eigenvalue weighted by Gasteiger charge is 2.12. The van der Waals surface area contributed by atoms with E-state index in [0.29, 0.717) is 6.54 Å². The highest BCUT2D eigenvalue weighted by molar-refractivity contribution is 14.1. The number of aryl methyl sites for hydroxylation is 2. The second-order valence-electron chi connectivity index (χ2n) is 5.10. The van der Waals surface area contributed by atoms with E-state index in [2.05, 4.69) is 54.6 Å². The number of carbonyl (C=O) groups excluding carboxylic acids is 1. The lowest BCUT2D eigenvalue weighted by Gasteiger charge is -2.19. The summed E-state index contributed by atoms with van der Waals surface area (Å²) >= 11 is 2.24. The Bertz CT molecular complexity index is 619. The summed E-state index contributed by atoms with van der Waals surface area (Å²) in [5.74, 6) is 0.0568. The fourth-order valence-electron chi connectivity index (χ4n) is 2.16. The Hall–Kier alpha value is -1.36. The Kier molecular flexibility index (Phi) is 4.81. The zero-order valence-electron chi connectivity index (χ0n) is 12.0. The first-order chi connectivity index (χ1) is 9.47. The predicted molar refractivity (Wildman–Crippen MR) is 90.9 cm³/mol. The van der Waals surface area contributed by atoms with E-state index in [1.165, 1.54) is 16.7 Å². The van der Waals surface area contributed by atoms with Crippen LogP contribution in [0.25, 0.3) is 0 Å². The van der Waals surface area contributed by atoms with Gasteiger partial charge in [0.2, 0.25) is 0 Å². The Morgan fingerprint density at radius 2 is 1.75 bits per heavy atom. The average molecular weight is 379 g/mol. The van der Waals surface area contributed by atoms with Crippen LogP contribution in [0, 0.1) is 17.4 Å². The maximum atomic E-state index is 12.4. The molecule has 0 saturated carbocycles. The fraction of sp³-hybridized carbons (Fsp3) is 0.235. The van der Waals surface area contributed by atoms with Crippen molar-refractivity contribution in [2.24, 2.45) is 0 Å². The molecule has 20 heavy (non-hydrogen) atoms. The summed E-state index contributed by atoms with van der Waals surface area (Å²) in [6, 6.07) is 14.0. The normalized spacial score (nSPS) is 10.4. The van der Waals surface area contributed by atoms with Gasteiger partial charge in [0, 0.05) is 22.7 Å². The number of benzene rings is 2. The van der Waals surface area contributed by atoms with Gasteiger partial charge in [-0.25, -0.2) is 0 Å². The highest BCUT2D eigenvalue weighted by atomic mass is 127. The second kappa shape index (κ2) is 6.39. The smallest absolute Gasteiger partial charge is 0.253 e. The number of hydrogen-bond donors (Lipinski definition) is 0. The van der Waals surface area contributed by atoms with Gasteiger partial charge in [0.05, 0.1) is 0 Å². The van der Waals surface area contributed by atoms with Crippen LogP contribution in [0.1, 0.15) is 27.0 Å². The molecule has 0 aliphatic heterocycles. The molecule has 0 spiro atoms. The molecule has 0 aromatic heterocycles. The van der Waals surface area contributed by atoms with Crippen molar-refractivity contribution in [2.75, 3.05) is 7.05 Å². The summed E-state index contributed by atoms with van der Waals surface area (Å²) in [4.78, 5) is 14.1. The monoisotopic (exact) mass is 379 g/mol. The highest BCUT2D eigenvalue weighted by Crippen LogP contribution is 2.15. The van der Waals surface area contributed by atoms with Gasteiger partial charge in [-0.15, -0.1) is 0 Å². The van der Waals surface area contributed by atoms with Crippen LogP contribution in [-0.2, 0) is 6.54 Å². The first-order valence-electron chi connectivity index (χ1n) is 6.54. The van der Waals surface area contributed by atoms with Crippen molar-refractivity contribution in [1.82, 2.24) is 4.90 Å². The molecule has 1 amide bonds. The first kappa shape index (κ1) is 15.0. The minimum Gasteiger partial charge on any atom is -0.337 e. The van der Waals surface area contributed by atoms with Gasteiger partial charge >= 0.3 is 0 Å². The van der Waals surface area contributed by atoms with Crippen LogP contribution in [0.4, 0.5) is 0 Å². The third-order valence-corrected chi connectivity index (χ3v) is 4.06. The zero-order valence-corrected chi connectivity index (χ0v) is 14.1. The molecular formula is C17H18INO. The van der Waals surface area contributed by atoms with Gasteiger partial charge in [-0.1, -0.05) is 23.8 Å². The van der Waals surface area contributed by atoms with Crippen LogP contribution in [0.3, 0.4) is 0 Å². The van der Waals surface area contributed by atoms with E-state index in [0.717, 1.165) is 9.13 Å². The van der Waals surface area contributed by atoms with Crippen molar-refractivity contribution >= 4 is 28.5 Å². The topological polar surface area (TPSA) is 20.3 Å². The number of hydrogen-bond acceptors (Lipinski definition) is 1. The Morgan fingerprint density at radius 3 is 2.35 bits per heavy atom. The van der Waals surface area contributed by atoms with Crippen molar-refractivity contribution in [3.63, 3.8) is 0 Å². The molecule has 0 aliphatic rings. The zero-order chi connectivity index (χ0) is 14.7. The van der Waals surface area contributed by atoms with Crippen molar-refractivity contribution in [1.29, 1.82) is 0 Å². The molecule has 0 heterocycles. The van der Waals surface area contributed by atoms with E-state index in [-0.39, 0.29) is 5.91 Å². The third-order valence-electron chi connectivity index (χ3n) is 3.34. The predicted octanol–water partition coefficient (Wildman–Crippen LogP) is 4.18. The molecule has 2 aromatic rings. The SMILES string of the molecule is Cc1ccc(CN(C)C(=O)c2ccc(I)cc2)c(C)c1. The van der Waals surface area contributed by atoms with Gasteiger partial charge in [-0.3, -0.25) is 4.79 Å². The lowest BCUT2D eigenvalue weighted by molar-refractivity contribution is 0.0785. The van der Waals surface area contributed by atoms with Crippen LogP contribution >= 0.6 is 22.6 Å². The van der Waals surface area contributed by atoms with Crippen LogP contribution < -0.4 is 0 Å². The van der Waals surface area contributed by atoms with Gasteiger partial charge in [-0.05, 0) is 71.8 Å². The Labute approximate surface area is 133 Å². The van der Waals surface area contributed by atoms with Gasteiger partial charge in [-0.2, -0.15) is 0 Å². The molecule has 0 N–H and O–H groups in total. The molecule has 2 nitrogen and oxygen atoms in total. The van der Waals surface area contributed by atoms with Crippen LogP contribution in [0.15, 0.2) is 42.5 Å². The van der Waals surface area contributed by atoms with Crippen LogP contribution in [0.5, 0.6) is 0 Å². The standard InChI is InChI=1S/C17H18INO/c1-12-4-5-15(13(2)10-12)11-19(3)17(20)14-6-8-16(18)9-7-14/h4-10H,11H2,1-3H3. The van der Waals surface area contributed by atoms with E-state index in [1.807, 2.05) is 31.3 Å². The quantitative estimate of drug-likeness (QED) is 0.733. The maximum absolute atomic E-state index is 12.4. The number of nitrogens with zero attached hydrogens (tertiary/aromatic N) is 1. The molecule has 104 valence electrons. The lowest BCUT2D eigenvalue weighted by atomic mass is 10.1. The second-order valence-corrected chi connectivity index (χ2v) is 6.34. The van der Waals surface area contributed by atoms with Gasteiger partial charge in [0.25, 0.3) is 5.91 Å². The summed E-state index contributed by atoms with van der Waals surface area (Å²) in [6.45, 7) is 4.81. The Morgan fingerprint density at radius 1 is 1.10 bits per heavy atom. The molecule has 2 rings (SSSR count). The minimum absolute atomic E-state index is 0.0568. The van der Waals surface area contributed by atoms with Crippen molar-refractivity contribution in [2.45, 2.75) is 20.4 Å². The summed E-state index contributed by atoms with van der Waals surface area (Å²) in [5, 5.41) is 0. The number of rotatable bonds is 3. The largest absolute Gasteiger partial charge is 0.337 e. The first-order valence-corrected chi connectivity index (χ1v) is 7.62. The summed E-state index contributed by atoms with van der Waals surface area (Å²) in [5.41, 5.74) is 4.40. The molecule has 0 bridgehead atoms. The molecule has 0 saturated heterocycles. The third kappa shape index (κ3) is 3.60. The molecule has 0 aliphatic carbocycles. The molecule has 2 aromatic carbocycles. The van der Waals surface area contributed by atoms with Gasteiger partial charge < -0.3 is 4.90 Å². The van der Waals surface area contributed by atoms with Crippen LogP contribution in [0.2, 0.25) is 0 Å². The molecule has 0 fully saturated rings. The lowest BCUT2D eigenvalue weighted by Crippen LogP contribution is -2.26. The minimum atomic E-state index is 0.0568.